The van der Waals surface area contributed by atoms with E-state index in [1.54, 1.807) is 20.9 Å². The van der Waals surface area contributed by atoms with Crippen molar-refractivity contribution < 1.29 is 9.90 Å². The molecule has 0 saturated carbocycles. The lowest BCUT2D eigenvalue weighted by Gasteiger charge is -2.08. The van der Waals surface area contributed by atoms with Gasteiger partial charge in [0.05, 0.1) is 6.42 Å². The van der Waals surface area contributed by atoms with E-state index in [-0.39, 0.29) is 6.42 Å². The van der Waals surface area contributed by atoms with Crippen molar-refractivity contribution in [1.82, 2.24) is 9.97 Å². The van der Waals surface area contributed by atoms with E-state index in [0.717, 1.165) is 0 Å². The van der Waals surface area contributed by atoms with Gasteiger partial charge in [0, 0.05) is 24.0 Å². The highest BCUT2D eigenvalue weighted by Crippen LogP contribution is 2.12. The first-order valence-electron chi connectivity index (χ1n) is 4.28. The van der Waals surface area contributed by atoms with Gasteiger partial charge >= 0.3 is 5.97 Å². The van der Waals surface area contributed by atoms with Crippen LogP contribution >= 0.6 is 0 Å². The predicted molar refractivity (Wildman–Crippen MR) is 52.4 cm³/mol. The standard InChI is InChI=1S/C9H13N3O2/c1-5-7(4-8(13)14)6(2)12-9(10-3)11-5/h4H2,1-3H3,(H,13,14)(H,10,11,12). The average Bonchev–Trinajstić information content (AvgIpc) is 2.10. The highest BCUT2D eigenvalue weighted by Gasteiger charge is 2.10. The van der Waals surface area contributed by atoms with Crippen LogP contribution in [0.1, 0.15) is 17.0 Å². The molecule has 1 heterocycles. The van der Waals surface area contributed by atoms with Crippen LogP contribution in [0.25, 0.3) is 0 Å². The Kier molecular flexibility index (Phi) is 3.01. The van der Waals surface area contributed by atoms with E-state index in [4.69, 9.17) is 5.11 Å². The van der Waals surface area contributed by atoms with E-state index in [0.29, 0.717) is 22.9 Å². The largest absolute Gasteiger partial charge is 0.481 e. The number of aliphatic carboxylic acids is 1. The summed E-state index contributed by atoms with van der Waals surface area (Å²) in [5.41, 5.74) is 2.12. The fraction of sp³-hybridized carbons (Fsp3) is 0.444. The molecule has 1 aromatic heterocycles. The van der Waals surface area contributed by atoms with Gasteiger partial charge in [-0.15, -0.1) is 0 Å². The maximum absolute atomic E-state index is 10.6. The van der Waals surface area contributed by atoms with Crippen molar-refractivity contribution in [2.24, 2.45) is 0 Å². The van der Waals surface area contributed by atoms with Gasteiger partial charge in [-0.25, -0.2) is 9.97 Å². The molecule has 14 heavy (non-hydrogen) atoms. The van der Waals surface area contributed by atoms with Crippen LogP contribution in [0.4, 0.5) is 5.95 Å². The molecule has 2 N–H and O–H groups in total. The van der Waals surface area contributed by atoms with Gasteiger partial charge in [0.2, 0.25) is 5.95 Å². The Bertz CT molecular complexity index is 340. The molecule has 5 heteroatoms. The van der Waals surface area contributed by atoms with Crippen LogP contribution in [-0.2, 0) is 11.2 Å². The summed E-state index contributed by atoms with van der Waals surface area (Å²) >= 11 is 0. The molecule has 0 spiro atoms. The molecule has 0 fully saturated rings. The minimum absolute atomic E-state index is 0.0261. The first-order valence-corrected chi connectivity index (χ1v) is 4.28. The monoisotopic (exact) mass is 195 g/mol. The minimum atomic E-state index is -0.864. The molecule has 0 aromatic carbocycles. The number of hydrogen-bond donors (Lipinski definition) is 2. The molecule has 1 rings (SSSR count). The Hall–Kier alpha value is -1.65. The van der Waals surface area contributed by atoms with Crippen molar-refractivity contribution in [2.75, 3.05) is 12.4 Å². The predicted octanol–water partition coefficient (Wildman–Crippen LogP) is 0.762. The molecule has 0 radical (unpaired) electrons. The van der Waals surface area contributed by atoms with E-state index < -0.39 is 5.97 Å². The third-order valence-electron chi connectivity index (χ3n) is 1.97. The van der Waals surface area contributed by atoms with Crippen molar-refractivity contribution in [1.29, 1.82) is 0 Å². The lowest BCUT2D eigenvalue weighted by Crippen LogP contribution is -2.09. The Labute approximate surface area is 82.2 Å². The van der Waals surface area contributed by atoms with E-state index in [9.17, 15) is 4.79 Å². The third kappa shape index (κ3) is 2.18. The normalized spacial score (nSPS) is 9.93. The Balaban J connectivity index is 3.11. The van der Waals surface area contributed by atoms with Crippen LogP contribution in [0.5, 0.6) is 0 Å². The maximum Gasteiger partial charge on any atom is 0.307 e. The van der Waals surface area contributed by atoms with Crippen molar-refractivity contribution in [3.8, 4) is 0 Å². The van der Waals surface area contributed by atoms with Gasteiger partial charge in [-0.05, 0) is 13.8 Å². The molecule has 0 aliphatic heterocycles. The quantitative estimate of drug-likeness (QED) is 0.744. The average molecular weight is 195 g/mol. The fourth-order valence-electron chi connectivity index (χ4n) is 1.26. The Morgan fingerprint density at radius 3 is 2.21 bits per heavy atom. The first kappa shape index (κ1) is 10.4. The number of hydrogen-bond acceptors (Lipinski definition) is 4. The number of rotatable bonds is 3. The molecule has 5 nitrogen and oxygen atoms in total. The summed E-state index contributed by atoms with van der Waals surface area (Å²) in [4.78, 5) is 18.8. The molecule has 0 atom stereocenters. The minimum Gasteiger partial charge on any atom is -0.481 e. The second-order valence-electron chi connectivity index (χ2n) is 3.02. The number of carboxylic acid groups (broad SMARTS) is 1. The summed E-state index contributed by atoms with van der Waals surface area (Å²) in [5.74, 6) is -0.342. The smallest absolute Gasteiger partial charge is 0.307 e. The van der Waals surface area contributed by atoms with Gasteiger partial charge in [-0.1, -0.05) is 0 Å². The summed E-state index contributed by atoms with van der Waals surface area (Å²) in [7, 11) is 1.73. The highest BCUT2D eigenvalue weighted by atomic mass is 16.4. The van der Waals surface area contributed by atoms with Crippen molar-refractivity contribution in [2.45, 2.75) is 20.3 Å². The topological polar surface area (TPSA) is 75.1 Å². The van der Waals surface area contributed by atoms with Crippen molar-refractivity contribution in [3.05, 3.63) is 17.0 Å². The van der Waals surface area contributed by atoms with Crippen LogP contribution in [0.2, 0.25) is 0 Å². The number of nitrogens with zero attached hydrogens (tertiary/aromatic N) is 2. The molecule has 1 aromatic rings. The SMILES string of the molecule is CNc1nc(C)c(CC(=O)O)c(C)n1. The van der Waals surface area contributed by atoms with E-state index in [1.807, 2.05) is 0 Å². The summed E-state index contributed by atoms with van der Waals surface area (Å²) in [6.07, 6.45) is -0.0261. The molecule has 0 saturated heterocycles. The zero-order chi connectivity index (χ0) is 10.7. The highest BCUT2D eigenvalue weighted by molar-refractivity contribution is 5.71. The second kappa shape index (κ2) is 4.04. The maximum atomic E-state index is 10.6. The Morgan fingerprint density at radius 2 is 1.86 bits per heavy atom. The molecule has 0 amide bonds. The van der Waals surface area contributed by atoms with Gasteiger partial charge in [0.25, 0.3) is 0 Å². The van der Waals surface area contributed by atoms with Crippen LogP contribution in [-0.4, -0.2) is 28.1 Å². The molecule has 0 bridgehead atoms. The lowest BCUT2D eigenvalue weighted by atomic mass is 10.1. The van der Waals surface area contributed by atoms with Crippen molar-refractivity contribution >= 4 is 11.9 Å². The molecular weight excluding hydrogens is 182 g/mol. The second-order valence-corrected chi connectivity index (χ2v) is 3.02. The zero-order valence-corrected chi connectivity index (χ0v) is 8.46. The van der Waals surface area contributed by atoms with Gasteiger partial charge < -0.3 is 10.4 Å². The molecule has 0 aliphatic carbocycles. The van der Waals surface area contributed by atoms with Crippen LogP contribution in [0.3, 0.4) is 0 Å². The lowest BCUT2D eigenvalue weighted by molar-refractivity contribution is -0.136. The van der Waals surface area contributed by atoms with Gasteiger partial charge in [0.15, 0.2) is 0 Å². The zero-order valence-electron chi connectivity index (χ0n) is 8.46. The van der Waals surface area contributed by atoms with E-state index in [2.05, 4.69) is 15.3 Å². The summed E-state index contributed by atoms with van der Waals surface area (Å²) in [6, 6.07) is 0. The van der Waals surface area contributed by atoms with Crippen LogP contribution in [0.15, 0.2) is 0 Å². The number of aryl methyl sites for hydroxylation is 2. The number of carboxylic acids is 1. The number of nitrogens with one attached hydrogen (secondary N) is 1. The third-order valence-corrected chi connectivity index (χ3v) is 1.97. The Morgan fingerprint density at radius 1 is 1.36 bits per heavy atom. The number of aromatic nitrogens is 2. The number of carbonyl (C=O) groups is 1. The van der Waals surface area contributed by atoms with Gasteiger partial charge in [-0.2, -0.15) is 0 Å². The molecular formula is C9H13N3O2. The van der Waals surface area contributed by atoms with Crippen LogP contribution in [0, 0.1) is 13.8 Å². The number of anilines is 1. The molecule has 0 unspecified atom stereocenters. The summed E-state index contributed by atoms with van der Waals surface area (Å²) in [6.45, 7) is 3.57. The van der Waals surface area contributed by atoms with Gasteiger partial charge in [0.1, 0.15) is 0 Å². The van der Waals surface area contributed by atoms with Gasteiger partial charge in [-0.3, -0.25) is 4.79 Å². The first-order chi connectivity index (χ1) is 6.54. The summed E-state index contributed by atoms with van der Waals surface area (Å²) < 4.78 is 0. The molecule has 76 valence electrons. The van der Waals surface area contributed by atoms with E-state index >= 15 is 0 Å². The molecule has 0 aliphatic rings. The summed E-state index contributed by atoms with van der Waals surface area (Å²) in [5, 5.41) is 11.5. The fourth-order valence-corrected chi connectivity index (χ4v) is 1.26. The van der Waals surface area contributed by atoms with E-state index in [1.165, 1.54) is 0 Å². The van der Waals surface area contributed by atoms with Crippen LogP contribution < -0.4 is 5.32 Å². The van der Waals surface area contributed by atoms with Crippen molar-refractivity contribution in [3.63, 3.8) is 0 Å².